The summed E-state index contributed by atoms with van der Waals surface area (Å²) in [5.41, 5.74) is 1.36. The van der Waals surface area contributed by atoms with Gasteiger partial charge in [0, 0.05) is 13.2 Å². The number of hydrogen-bond donors (Lipinski definition) is 0. The van der Waals surface area contributed by atoms with E-state index < -0.39 is 9.28 Å². The second-order valence-corrected chi connectivity index (χ2v) is 6.50. The summed E-state index contributed by atoms with van der Waals surface area (Å²) in [4.78, 5) is 0. The number of hydrogen-bond acceptors (Lipinski definition) is 2. The van der Waals surface area contributed by atoms with Gasteiger partial charge < -0.3 is 8.85 Å². The lowest BCUT2D eigenvalue weighted by atomic mass is 10.0. The Morgan fingerprint density at radius 2 is 1.68 bits per heavy atom. The molecule has 0 saturated carbocycles. The van der Waals surface area contributed by atoms with E-state index >= 15 is 0 Å². The molecular formula is C16H22O2Si. The van der Waals surface area contributed by atoms with Crippen LogP contribution >= 0.6 is 0 Å². The lowest BCUT2D eigenvalue weighted by molar-refractivity contribution is 0.204. The van der Waals surface area contributed by atoms with Crippen LogP contribution in [0.5, 0.6) is 0 Å². The van der Waals surface area contributed by atoms with E-state index in [4.69, 9.17) is 8.85 Å². The molecule has 2 nitrogen and oxygen atoms in total. The molecule has 1 atom stereocenters. The summed E-state index contributed by atoms with van der Waals surface area (Å²) in [7, 11) is -1.42. The fourth-order valence-corrected chi connectivity index (χ4v) is 3.29. The van der Waals surface area contributed by atoms with Gasteiger partial charge in [0.25, 0.3) is 0 Å². The largest absolute Gasteiger partial charge is 0.397 e. The zero-order valence-corrected chi connectivity index (χ0v) is 12.9. The van der Waals surface area contributed by atoms with E-state index in [0.717, 1.165) is 26.1 Å². The summed E-state index contributed by atoms with van der Waals surface area (Å²) in [5, 5.41) is 2.63. The Morgan fingerprint density at radius 3 is 2.53 bits per heavy atom. The van der Waals surface area contributed by atoms with E-state index in [1.807, 2.05) is 0 Å². The van der Waals surface area contributed by atoms with Crippen molar-refractivity contribution in [3.05, 3.63) is 48.0 Å². The van der Waals surface area contributed by atoms with Crippen molar-refractivity contribution in [1.29, 1.82) is 0 Å². The van der Waals surface area contributed by atoms with Crippen molar-refractivity contribution in [2.75, 3.05) is 13.2 Å². The molecule has 0 heterocycles. The lowest BCUT2D eigenvalue weighted by Gasteiger charge is -2.12. The first kappa shape index (κ1) is 14.3. The Labute approximate surface area is 117 Å². The maximum absolute atomic E-state index is 5.81. The summed E-state index contributed by atoms with van der Waals surface area (Å²) in [6.45, 7) is 5.79. The molecule has 102 valence electrons. The van der Waals surface area contributed by atoms with Gasteiger partial charge in [-0.05, 0) is 35.7 Å². The van der Waals surface area contributed by atoms with Crippen molar-refractivity contribution in [1.82, 2.24) is 0 Å². The molecule has 0 amide bonds. The Balaban J connectivity index is 1.91. The molecule has 2 rings (SSSR count). The van der Waals surface area contributed by atoms with E-state index in [0.29, 0.717) is 0 Å². The van der Waals surface area contributed by atoms with Crippen molar-refractivity contribution >= 4 is 20.1 Å². The Kier molecular flexibility index (Phi) is 5.57. The van der Waals surface area contributed by atoms with Crippen LogP contribution in [0.4, 0.5) is 0 Å². The monoisotopic (exact) mass is 274 g/mol. The van der Waals surface area contributed by atoms with Crippen molar-refractivity contribution < 1.29 is 8.85 Å². The molecule has 2 aromatic carbocycles. The molecule has 0 radical (unpaired) electrons. The number of fused-ring (bicyclic) bond motifs is 1. The summed E-state index contributed by atoms with van der Waals surface area (Å²) < 4.78 is 11.4. The van der Waals surface area contributed by atoms with Gasteiger partial charge in [-0.25, -0.2) is 0 Å². The van der Waals surface area contributed by atoms with E-state index in [1.54, 1.807) is 0 Å². The number of benzene rings is 2. The van der Waals surface area contributed by atoms with Gasteiger partial charge in [-0.1, -0.05) is 49.4 Å². The molecule has 19 heavy (non-hydrogen) atoms. The second kappa shape index (κ2) is 7.43. The maximum Gasteiger partial charge on any atom is 0.318 e. The third kappa shape index (κ3) is 4.16. The van der Waals surface area contributed by atoms with E-state index in [1.165, 1.54) is 16.3 Å². The molecule has 2 aromatic rings. The van der Waals surface area contributed by atoms with Gasteiger partial charge >= 0.3 is 9.28 Å². The van der Waals surface area contributed by atoms with Gasteiger partial charge in [-0.3, -0.25) is 0 Å². The molecule has 0 aliphatic rings. The van der Waals surface area contributed by atoms with Crippen LogP contribution in [0.3, 0.4) is 0 Å². The fraction of sp³-hybridized carbons (Fsp3) is 0.375. The quantitative estimate of drug-likeness (QED) is 0.717. The third-order valence-electron chi connectivity index (χ3n) is 3.16. The zero-order valence-electron chi connectivity index (χ0n) is 11.8. The first-order valence-corrected chi connectivity index (χ1v) is 9.11. The standard InChI is InChI=1S/C16H22O2Si/c1-3-12-17-19(2)18-13-11-15-9-6-8-14-7-4-5-10-16(14)15/h4-10,19H,3,11-13H2,1-2H3. The minimum absolute atomic E-state index is 0.755. The predicted molar refractivity (Wildman–Crippen MR) is 82.9 cm³/mol. The van der Waals surface area contributed by atoms with Crippen LogP contribution in [-0.4, -0.2) is 22.5 Å². The summed E-state index contributed by atoms with van der Waals surface area (Å²) in [5.74, 6) is 0. The van der Waals surface area contributed by atoms with Crippen LogP contribution in [-0.2, 0) is 15.3 Å². The topological polar surface area (TPSA) is 18.5 Å². The Morgan fingerprint density at radius 1 is 0.947 bits per heavy atom. The van der Waals surface area contributed by atoms with Crippen LogP contribution in [0.1, 0.15) is 18.9 Å². The molecule has 0 saturated heterocycles. The van der Waals surface area contributed by atoms with Gasteiger partial charge in [0.1, 0.15) is 0 Å². The summed E-state index contributed by atoms with van der Waals surface area (Å²) >= 11 is 0. The Bertz CT molecular complexity index is 508. The molecule has 0 bridgehead atoms. The van der Waals surface area contributed by atoms with Gasteiger partial charge in [0.15, 0.2) is 0 Å². The van der Waals surface area contributed by atoms with Crippen LogP contribution in [0, 0.1) is 0 Å². The van der Waals surface area contributed by atoms with Crippen molar-refractivity contribution in [3.63, 3.8) is 0 Å². The number of rotatable bonds is 7. The van der Waals surface area contributed by atoms with Gasteiger partial charge in [0.2, 0.25) is 0 Å². The highest BCUT2D eigenvalue weighted by Gasteiger charge is 2.06. The van der Waals surface area contributed by atoms with Crippen LogP contribution in [0.15, 0.2) is 42.5 Å². The third-order valence-corrected chi connectivity index (χ3v) is 4.57. The average Bonchev–Trinajstić information content (AvgIpc) is 2.45. The molecule has 0 aliphatic carbocycles. The lowest BCUT2D eigenvalue weighted by Crippen LogP contribution is -2.20. The van der Waals surface area contributed by atoms with E-state index in [2.05, 4.69) is 55.9 Å². The van der Waals surface area contributed by atoms with Crippen LogP contribution in [0.25, 0.3) is 10.8 Å². The molecule has 0 aromatic heterocycles. The minimum Gasteiger partial charge on any atom is -0.397 e. The molecule has 0 fully saturated rings. The molecule has 0 aliphatic heterocycles. The van der Waals surface area contributed by atoms with Gasteiger partial charge in [-0.15, -0.1) is 0 Å². The Hall–Kier alpha value is -1.16. The summed E-state index contributed by atoms with van der Waals surface area (Å²) in [6.07, 6.45) is 2.01. The first-order chi connectivity index (χ1) is 9.31. The highest BCUT2D eigenvalue weighted by Crippen LogP contribution is 2.18. The first-order valence-electron chi connectivity index (χ1n) is 7.01. The van der Waals surface area contributed by atoms with E-state index in [-0.39, 0.29) is 0 Å². The average molecular weight is 274 g/mol. The molecule has 3 heteroatoms. The van der Waals surface area contributed by atoms with Crippen LogP contribution in [0.2, 0.25) is 6.55 Å². The normalized spacial score (nSPS) is 12.7. The van der Waals surface area contributed by atoms with Crippen molar-refractivity contribution in [3.8, 4) is 0 Å². The highest BCUT2D eigenvalue weighted by molar-refractivity contribution is 6.42. The second-order valence-electron chi connectivity index (χ2n) is 4.70. The predicted octanol–water partition coefficient (Wildman–Crippen LogP) is 3.68. The van der Waals surface area contributed by atoms with Crippen molar-refractivity contribution in [2.45, 2.75) is 26.3 Å². The van der Waals surface area contributed by atoms with Crippen molar-refractivity contribution in [2.24, 2.45) is 0 Å². The van der Waals surface area contributed by atoms with Gasteiger partial charge in [-0.2, -0.15) is 0 Å². The van der Waals surface area contributed by atoms with Crippen LogP contribution < -0.4 is 0 Å². The SMILES string of the molecule is CCCO[SiH](C)OCCc1cccc2ccccc12. The maximum atomic E-state index is 5.81. The van der Waals surface area contributed by atoms with Gasteiger partial charge in [0.05, 0.1) is 0 Å². The van der Waals surface area contributed by atoms with E-state index in [9.17, 15) is 0 Å². The molecular weight excluding hydrogens is 252 g/mol. The smallest absolute Gasteiger partial charge is 0.318 e. The molecule has 0 spiro atoms. The zero-order chi connectivity index (χ0) is 13.5. The highest BCUT2D eigenvalue weighted by atomic mass is 28.3. The molecule has 1 unspecified atom stereocenters. The summed E-state index contributed by atoms with van der Waals surface area (Å²) in [6, 6.07) is 15.0. The minimum atomic E-state index is -1.42. The fourth-order valence-electron chi connectivity index (χ4n) is 2.18. The molecule has 0 N–H and O–H groups in total.